The maximum absolute atomic E-state index is 12.3. The minimum Gasteiger partial charge on any atom is -0.462 e. The van der Waals surface area contributed by atoms with E-state index in [2.05, 4.69) is 30.5 Å². The lowest BCUT2D eigenvalue weighted by Gasteiger charge is -2.18. The van der Waals surface area contributed by atoms with Gasteiger partial charge < -0.3 is 19.3 Å². The fraction of sp³-hybridized carbons (Fsp3) is 0.875. The van der Waals surface area contributed by atoms with Crippen molar-refractivity contribution in [3.8, 4) is 0 Å². The molecule has 0 amide bonds. The monoisotopic (exact) mass is 604 g/mol. The highest BCUT2D eigenvalue weighted by molar-refractivity contribution is 7.46. The van der Waals surface area contributed by atoms with Gasteiger partial charge in [0.15, 0.2) is 6.10 Å². The summed E-state index contributed by atoms with van der Waals surface area (Å²) in [6.07, 6.45) is 28.0. The van der Waals surface area contributed by atoms with Crippen molar-refractivity contribution < 1.29 is 37.9 Å². The zero-order chi connectivity index (χ0) is 30.4. The molecule has 0 spiro atoms. The quantitative estimate of drug-likeness (QED) is 0.0360. The molecule has 0 aliphatic heterocycles. The van der Waals surface area contributed by atoms with E-state index in [0.717, 1.165) is 38.5 Å². The molecule has 0 aromatic carbocycles. The van der Waals surface area contributed by atoms with Crippen LogP contribution >= 0.6 is 7.82 Å². The van der Waals surface area contributed by atoms with Gasteiger partial charge in [0.2, 0.25) is 0 Å². The molecular formula is C32H61O8P. The highest BCUT2D eigenvalue weighted by Gasteiger charge is 2.22. The summed E-state index contributed by atoms with van der Waals surface area (Å²) in [6.45, 7) is 3.60. The van der Waals surface area contributed by atoms with E-state index in [1.165, 1.54) is 89.9 Å². The van der Waals surface area contributed by atoms with Crippen LogP contribution in [-0.4, -0.2) is 41.0 Å². The molecule has 0 radical (unpaired) electrons. The number of carbonyl (C=O) groups is 2. The Labute approximate surface area is 250 Å². The van der Waals surface area contributed by atoms with Gasteiger partial charge in [-0.05, 0) is 32.1 Å². The van der Waals surface area contributed by atoms with Gasteiger partial charge >= 0.3 is 19.8 Å². The van der Waals surface area contributed by atoms with Crippen LogP contribution < -0.4 is 0 Å². The van der Waals surface area contributed by atoms with E-state index in [-0.39, 0.29) is 19.4 Å². The lowest BCUT2D eigenvalue weighted by atomic mass is 10.1. The topological polar surface area (TPSA) is 119 Å². The predicted molar refractivity (Wildman–Crippen MR) is 166 cm³/mol. The number of phosphoric ester groups is 1. The van der Waals surface area contributed by atoms with Crippen molar-refractivity contribution in [3.05, 3.63) is 12.2 Å². The van der Waals surface area contributed by atoms with Gasteiger partial charge in [0.25, 0.3) is 0 Å². The third-order valence-corrected chi connectivity index (χ3v) is 7.52. The smallest absolute Gasteiger partial charge is 0.462 e. The van der Waals surface area contributed by atoms with Crippen LogP contribution in [0.1, 0.15) is 162 Å². The molecule has 0 saturated carbocycles. The van der Waals surface area contributed by atoms with Crippen LogP contribution in [0.3, 0.4) is 0 Å². The minimum atomic E-state index is -4.73. The van der Waals surface area contributed by atoms with Crippen molar-refractivity contribution in [1.82, 2.24) is 0 Å². The summed E-state index contributed by atoms with van der Waals surface area (Å²) in [5.41, 5.74) is 0. The van der Waals surface area contributed by atoms with Crippen molar-refractivity contribution in [2.24, 2.45) is 0 Å². The molecule has 1 atom stereocenters. The first-order valence-electron chi connectivity index (χ1n) is 16.5. The number of hydrogen-bond acceptors (Lipinski definition) is 6. The summed E-state index contributed by atoms with van der Waals surface area (Å²) in [6, 6.07) is 0. The molecule has 0 unspecified atom stereocenters. The fourth-order valence-corrected chi connectivity index (χ4v) is 4.89. The van der Waals surface area contributed by atoms with E-state index in [9.17, 15) is 14.2 Å². The molecular weight excluding hydrogens is 543 g/mol. The van der Waals surface area contributed by atoms with Gasteiger partial charge in [0.05, 0.1) is 6.61 Å². The second-order valence-corrected chi connectivity index (χ2v) is 12.4. The standard InChI is InChI=1S/C32H61O8P/c1-3-5-7-9-11-13-14-15-16-17-18-19-21-23-25-27-32(34)40-30(29-39-41(35,36)37)28-38-31(33)26-24-22-20-12-10-8-6-4-2/h9,11,30H,3-8,10,12-29H2,1-2H3,(H2,35,36,37)/b11-9+/t30-/m1/s1. The Kier molecular flexibility index (Phi) is 28.0. The Morgan fingerprint density at radius 2 is 1.05 bits per heavy atom. The van der Waals surface area contributed by atoms with Crippen LogP contribution in [0, 0.1) is 0 Å². The molecule has 2 N–H and O–H groups in total. The van der Waals surface area contributed by atoms with Crippen LogP contribution in [0.15, 0.2) is 12.2 Å². The largest absolute Gasteiger partial charge is 0.469 e. The van der Waals surface area contributed by atoms with Crippen molar-refractivity contribution >= 4 is 19.8 Å². The van der Waals surface area contributed by atoms with E-state index < -0.39 is 32.5 Å². The molecule has 9 heteroatoms. The maximum Gasteiger partial charge on any atom is 0.469 e. The van der Waals surface area contributed by atoms with Gasteiger partial charge in [-0.2, -0.15) is 0 Å². The first-order valence-corrected chi connectivity index (χ1v) is 18.0. The Morgan fingerprint density at radius 3 is 1.56 bits per heavy atom. The lowest BCUT2D eigenvalue weighted by molar-refractivity contribution is -0.161. The van der Waals surface area contributed by atoms with Crippen molar-refractivity contribution in [2.75, 3.05) is 13.2 Å². The van der Waals surface area contributed by atoms with Crippen molar-refractivity contribution in [1.29, 1.82) is 0 Å². The Morgan fingerprint density at radius 1 is 0.610 bits per heavy atom. The Bertz CT molecular complexity index is 691. The number of esters is 2. The van der Waals surface area contributed by atoms with Crippen LogP contribution in [-0.2, 0) is 28.2 Å². The third-order valence-electron chi connectivity index (χ3n) is 7.03. The second-order valence-electron chi connectivity index (χ2n) is 11.1. The number of allylic oxidation sites excluding steroid dienone is 2. The molecule has 0 aromatic heterocycles. The molecule has 0 saturated heterocycles. The highest BCUT2D eigenvalue weighted by Crippen LogP contribution is 2.35. The van der Waals surface area contributed by atoms with Crippen LogP contribution in [0.4, 0.5) is 0 Å². The summed E-state index contributed by atoms with van der Waals surface area (Å²) in [5, 5.41) is 0. The predicted octanol–water partition coefficient (Wildman–Crippen LogP) is 9.12. The minimum absolute atomic E-state index is 0.213. The summed E-state index contributed by atoms with van der Waals surface area (Å²) >= 11 is 0. The molecule has 0 aromatic rings. The molecule has 0 heterocycles. The number of unbranched alkanes of at least 4 members (excludes halogenated alkanes) is 18. The number of phosphoric acid groups is 1. The van der Waals surface area contributed by atoms with E-state index in [1.54, 1.807) is 0 Å². The van der Waals surface area contributed by atoms with Crippen molar-refractivity contribution in [3.63, 3.8) is 0 Å². The van der Waals surface area contributed by atoms with Gasteiger partial charge in [0.1, 0.15) is 6.61 Å². The molecule has 0 fully saturated rings. The molecule has 0 aliphatic rings. The second kappa shape index (κ2) is 28.9. The number of carbonyl (C=O) groups excluding carboxylic acids is 2. The third kappa shape index (κ3) is 31.6. The lowest BCUT2D eigenvalue weighted by Crippen LogP contribution is -2.29. The number of ether oxygens (including phenoxy) is 2. The van der Waals surface area contributed by atoms with Gasteiger partial charge in [-0.25, -0.2) is 4.57 Å². The number of hydrogen-bond donors (Lipinski definition) is 2. The van der Waals surface area contributed by atoms with Gasteiger partial charge in [0, 0.05) is 12.8 Å². The summed E-state index contributed by atoms with van der Waals surface area (Å²) < 4.78 is 26.1. The zero-order valence-corrected chi connectivity index (χ0v) is 27.1. The van der Waals surface area contributed by atoms with Gasteiger partial charge in [-0.3, -0.25) is 14.1 Å². The van der Waals surface area contributed by atoms with Gasteiger partial charge in [-0.1, -0.05) is 129 Å². The SMILES string of the molecule is CCCC/C=C/CCCCCCCCCCCC(=O)O[C@H](COC(=O)CCCCCCCCCC)COP(=O)(O)O. The van der Waals surface area contributed by atoms with Crippen molar-refractivity contribution in [2.45, 2.75) is 168 Å². The Balaban J connectivity index is 3.98. The highest BCUT2D eigenvalue weighted by atomic mass is 31.2. The van der Waals surface area contributed by atoms with E-state index in [0.29, 0.717) is 6.42 Å². The first kappa shape index (κ1) is 39.8. The summed E-state index contributed by atoms with van der Waals surface area (Å²) in [4.78, 5) is 42.4. The average Bonchev–Trinajstić information content (AvgIpc) is 2.93. The average molecular weight is 605 g/mol. The first-order chi connectivity index (χ1) is 19.8. The molecule has 242 valence electrons. The summed E-state index contributed by atoms with van der Waals surface area (Å²) in [7, 11) is -4.73. The van der Waals surface area contributed by atoms with Gasteiger partial charge in [-0.15, -0.1) is 0 Å². The number of rotatable bonds is 30. The van der Waals surface area contributed by atoms with Crippen LogP contribution in [0.5, 0.6) is 0 Å². The van der Waals surface area contributed by atoms with E-state index in [4.69, 9.17) is 19.3 Å². The van der Waals surface area contributed by atoms with Crippen LogP contribution in [0.2, 0.25) is 0 Å². The fourth-order valence-electron chi connectivity index (χ4n) is 4.53. The normalized spacial score (nSPS) is 12.6. The molecule has 0 rings (SSSR count). The van der Waals surface area contributed by atoms with E-state index >= 15 is 0 Å². The molecule has 8 nitrogen and oxygen atoms in total. The molecule has 41 heavy (non-hydrogen) atoms. The van der Waals surface area contributed by atoms with Crippen LogP contribution in [0.25, 0.3) is 0 Å². The molecule has 0 bridgehead atoms. The Hall–Kier alpha value is -1.21. The summed E-state index contributed by atoms with van der Waals surface area (Å²) in [5.74, 6) is -0.889. The zero-order valence-electron chi connectivity index (χ0n) is 26.2. The maximum atomic E-state index is 12.3. The van der Waals surface area contributed by atoms with E-state index in [1.807, 2.05) is 0 Å². The molecule has 0 aliphatic carbocycles.